The highest BCUT2D eigenvalue weighted by molar-refractivity contribution is 5.81. The summed E-state index contributed by atoms with van der Waals surface area (Å²) < 4.78 is 0. The van der Waals surface area contributed by atoms with Crippen LogP contribution in [0.4, 0.5) is 0 Å². The van der Waals surface area contributed by atoms with Crippen molar-refractivity contribution in [1.82, 2.24) is 0 Å². The fourth-order valence-electron chi connectivity index (χ4n) is 2.35. The molecule has 0 radical (unpaired) electrons. The molecule has 1 aliphatic heterocycles. The molecule has 1 heterocycles. The average Bonchev–Trinajstić information content (AvgIpc) is 2.67. The van der Waals surface area contributed by atoms with E-state index in [-0.39, 0.29) is 5.92 Å². The highest BCUT2D eigenvalue weighted by atomic mass is 16.1. The molecule has 15 heavy (non-hydrogen) atoms. The first-order valence-electron chi connectivity index (χ1n) is 5.24. The van der Waals surface area contributed by atoms with Gasteiger partial charge in [0.2, 0.25) is 0 Å². The van der Waals surface area contributed by atoms with Crippen LogP contribution in [0, 0.1) is 5.92 Å². The van der Waals surface area contributed by atoms with Crippen LogP contribution in [0.25, 0.3) is 5.57 Å². The van der Waals surface area contributed by atoms with E-state index < -0.39 is 0 Å². The number of hydrogen-bond donors (Lipinski definition) is 0. The molecule has 0 aromatic heterocycles. The number of carbonyl (C=O) groups excluding carboxylic acids is 1. The number of benzene rings is 1. The van der Waals surface area contributed by atoms with Crippen LogP contribution in [0.2, 0.25) is 0 Å². The second-order valence-corrected chi connectivity index (χ2v) is 3.95. The number of para-hydroxylation sites is 1. The normalized spacial score (nSPS) is 22.5. The quantitative estimate of drug-likeness (QED) is 0.617. The maximum absolute atomic E-state index is 11.0. The number of allylic oxidation sites excluding steroid dienone is 2. The first kappa shape index (κ1) is 8.60. The fraction of sp³-hybridized carbons (Fsp3) is 0.231. The van der Waals surface area contributed by atoms with Crippen LogP contribution < -0.4 is 10.6 Å². The molecule has 0 saturated heterocycles. The highest BCUT2D eigenvalue weighted by Gasteiger charge is 2.24. The van der Waals surface area contributed by atoms with Gasteiger partial charge in [0, 0.05) is 11.1 Å². The van der Waals surface area contributed by atoms with Crippen LogP contribution in [0.15, 0.2) is 41.0 Å². The van der Waals surface area contributed by atoms with E-state index in [1.54, 1.807) is 0 Å². The van der Waals surface area contributed by atoms with Gasteiger partial charge in [0.15, 0.2) is 0 Å². The van der Waals surface area contributed by atoms with Crippen molar-refractivity contribution < 1.29 is 4.79 Å². The summed E-state index contributed by atoms with van der Waals surface area (Å²) in [5.74, 6) is 0.0393. The molecule has 2 nitrogen and oxygen atoms in total. The molecule has 2 heteroatoms. The molecule has 1 aromatic rings. The minimum absolute atomic E-state index is 0.0393. The van der Waals surface area contributed by atoms with Crippen molar-refractivity contribution >= 4 is 11.9 Å². The van der Waals surface area contributed by atoms with Crippen molar-refractivity contribution in [3.8, 4) is 0 Å². The van der Waals surface area contributed by atoms with E-state index in [1.165, 1.54) is 0 Å². The summed E-state index contributed by atoms with van der Waals surface area (Å²) in [5, 5.41) is 2.15. The maximum atomic E-state index is 11.0. The lowest BCUT2D eigenvalue weighted by atomic mass is 9.87. The lowest BCUT2D eigenvalue weighted by molar-refractivity contribution is -0.109. The molecule has 0 spiro atoms. The Balaban J connectivity index is 2.38. The van der Waals surface area contributed by atoms with Gasteiger partial charge < -0.3 is 4.79 Å². The second kappa shape index (κ2) is 3.16. The standard InChI is InChI=1S/C13H11NO/c15-8-9-4-3-7-12-13(9)10-5-1-2-6-11(10)14-12/h1-2,5-9H,3-4H2. The van der Waals surface area contributed by atoms with Crippen LogP contribution in [0.5, 0.6) is 0 Å². The Morgan fingerprint density at radius 3 is 3.07 bits per heavy atom. The summed E-state index contributed by atoms with van der Waals surface area (Å²) in [6.07, 6.45) is 5.07. The number of nitrogens with zero attached hydrogens (tertiary/aromatic N) is 1. The minimum atomic E-state index is 0.0393. The SMILES string of the molecule is O=CC1CCC=C2N=c3ccccc3=C21. The van der Waals surface area contributed by atoms with E-state index in [2.05, 4.69) is 17.1 Å². The van der Waals surface area contributed by atoms with Gasteiger partial charge in [0.25, 0.3) is 0 Å². The number of aldehydes is 1. The van der Waals surface area contributed by atoms with E-state index in [1.807, 2.05) is 18.2 Å². The number of fused-ring (bicyclic) bond motifs is 2. The Bertz CT molecular complexity index is 568. The van der Waals surface area contributed by atoms with Gasteiger partial charge in [-0.15, -0.1) is 0 Å². The smallest absolute Gasteiger partial charge is 0.127 e. The van der Waals surface area contributed by atoms with Crippen molar-refractivity contribution in [1.29, 1.82) is 0 Å². The van der Waals surface area contributed by atoms with Gasteiger partial charge in [0.05, 0.1) is 11.1 Å². The molecule has 0 fully saturated rings. The molecule has 1 unspecified atom stereocenters. The van der Waals surface area contributed by atoms with Crippen molar-refractivity contribution in [3.63, 3.8) is 0 Å². The zero-order valence-corrected chi connectivity index (χ0v) is 8.31. The maximum Gasteiger partial charge on any atom is 0.127 e. The first-order valence-corrected chi connectivity index (χ1v) is 5.24. The second-order valence-electron chi connectivity index (χ2n) is 3.95. The summed E-state index contributed by atoms with van der Waals surface area (Å²) >= 11 is 0. The Labute approximate surface area is 87.7 Å². The van der Waals surface area contributed by atoms with Gasteiger partial charge in [-0.2, -0.15) is 0 Å². The molecule has 1 aromatic carbocycles. The summed E-state index contributed by atoms with van der Waals surface area (Å²) in [5.41, 5.74) is 2.14. The number of rotatable bonds is 1. The van der Waals surface area contributed by atoms with Gasteiger partial charge in [-0.05, 0) is 24.5 Å². The van der Waals surface area contributed by atoms with E-state index in [0.717, 1.165) is 41.0 Å². The predicted octanol–water partition coefficient (Wildman–Crippen LogP) is 0.963. The highest BCUT2D eigenvalue weighted by Crippen LogP contribution is 2.30. The van der Waals surface area contributed by atoms with Crippen LogP contribution in [0.1, 0.15) is 12.8 Å². The molecule has 3 rings (SSSR count). The molecule has 1 atom stereocenters. The molecule has 0 saturated carbocycles. The van der Waals surface area contributed by atoms with Crippen molar-refractivity contribution in [2.45, 2.75) is 12.8 Å². The molecular weight excluding hydrogens is 186 g/mol. The van der Waals surface area contributed by atoms with Gasteiger partial charge in [-0.25, -0.2) is 4.99 Å². The molecule has 74 valence electrons. The first-order chi connectivity index (χ1) is 7.40. The monoisotopic (exact) mass is 197 g/mol. The summed E-state index contributed by atoms with van der Waals surface area (Å²) in [6.45, 7) is 0. The third-order valence-electron chi connectivity index (χ3n) is 3.06. The zero-order chi connectivity index (χ0) is 10.3. The lowest BCUT2D eigenvalue weighted by Gasteiger charge is -2.16. The van der Waals surface area contributed by atoms with Gasteiger partial charge in [-0.1, -0.05) is 24.3 Å². The largest absolute Gasteiger partial charge is 0.303 e. The Morgan fingerprint density at radius 1 is 1.33 bits per heavy atom. The van der Waals surface area contributed by atoms with Crippen LogP contribution in [-0.4, -0.2) is 6.29 Å². The van der Waals surface area contributed by atoms with Crippen molar-refractivity contribution in [3.05, 3.63) is 46.6 Å². The average molecular weight is 197 g/mol. The van der Waals surface area contributed by atoms with Crippen LogP contribution in [0.3, 0.4) is 0 Å². The molecule has 0 amide bonds. The number of hydrogen-bond acceptors (Lipinski definition) is 2. The Morgan fingerprint density at radius 2 is 2.20 bits per heavy atom. The van der Waals surface area contributed by atoms with Crippen LogP contribution in [-0.2, 0) is 4.79 Å². The molecule has 0 bridgehead atoms. The molecule has 2 aliphatic rings. The molecule has 0 N–H and O–H groups in total. The lowest BCUT2D eigenvalue weighted by Crippen LogP contribution is -2.25. The van der Waals surface area contributed by atoms with E-state index in [4.69, 9.17) is 0 Å². The predicted molar refractivity (Wildman–Crippen MR) is 57.5 cm³/mol. The molecule has 1 aliphatic carbocycles. The summed E-state index contributed by atoms with van der Waals surface area (Å²) in [7, 11) is 0. The van der Waals surface area contributed by atoms with Crippen LogP contribution >= 0.6 is 0 Å². The van der Waals surface area contributed by atoms with E-state index in [0.29, 0.717) is 0 Å². The Kier molecular flexibility index (Phi) is 1.81. The summed E-state index contributed by atoms with van der Waals surface area (Å²) in [4.78, 5) is 15.6. The van der Waals surface area contributed by atoms with E-state index in [9.17, 15) is 4.79 Å². The topological polar surface area (TPSA) is 29.4 Å². The van der Waals surface area contributed by atoms with Crippen molar-refractivity contribution in [2.75, 3.05) is 0 Å². The van der Waals surface area contributed by atoms with E-state index >= 15 is 0 Å². The summed E-state index contributed by atoms with van der Waals surface area (Å²) in [6, 6.07) is 8.04. The van der Waals surface area contributed by atoms with Gasteiger partial charge in [0.1, 0.15) is 6.29 Å². The van der Waals surface area contributed by atoms with Crippen molar-refractivity contribution in [2.24, 2.45) is 10.9 Å². The van der Waals surface area contributed by atoms with Gasteiger partial charge in [-0.3, -0.25) is 0 Å². The van der Waals surface area contributed by atoms with Gasteiger partial charge >= 0.3 is 0 Å². The zero-order valence-electron chi connectivity index (χ0n) is 8.31. The fourth-order valence-corrected chi connectivity index (χ4v) is 2.35. The third-order valence-corrected chi connectivity index (χ3v) is 3.06. The number of carbonyl (C=O) groups is 1. The molecular formula is C13H11NO. The minimum Gasteiger partial charge on any atom is -0.303 e. The third kappa shape index (κ3) is 1.18. The Hall–Kier alpha value is -1.70.